The quantitative estimate of drug-likeness (QED) is 0.638. The molecule has 1 aromatic heterocycles. The molecule has 0 spiro atoms. The van der Waals surface area contributed by atoms with Gasteiger partial charge in [0.05, 0.1) is 0 Å². The fourth-order valence-corrected chi connectivity index (χ4v) is 2.13. The third-order valence-corrected chi connectivity index (χ3v) is 3.53. The molecule has 2 rings (SSSR count). The van der Waals surface area contributed by atoms with E-state index < -0.39 is 0 Å². The van der Waals surface area contributed by atoms with E-state index in [0.29, 0.717) is 6.54 Å². The van der Waals surface area contributed by atoms with Crippen LogP contribution < -0.4 is 16.5 Å². The minimum absolute atomic E-state index is 0.110. The van der Waals surface area contributed by atoms with Gasteiger partial charge in [-0.05, 0) is 34.7 Å². The van der Waals surface area contributed by atoms with Crippen LogP contribution in [0.1, 0.15) is 37.9 Å². The molecule has 0 radical (unpaired) electrons. The van der Waals surface area contributed by atoms with Crippen molar-refractivity contribution in [3.63, 3.8) is 0 Å². The summed E-state index contributed by atoms with van der Waals surface area (Å²) in [4.78, 5) is 4.37. The van der Waals surface area contributed by atoms with Crippen molar-refractivity contribution in [3.8, 4) is 0 Å². The van der Waals surface area contributed by atoms with Gasteiger partial charge in [-0.15, -0.1) is 0 Å². The van der Waals surface area contributed by atoms with Crippen molar-refractivity contribution in [2.45, 2.75) is 32.2 Å². The minimum atomic E-state index is -0.282. The molecule has 1 unspecified atom stereocenters. The molecule has 118 valence electrons. The first-order chi connectivity index (χ1) is 10.4. The molecule has 0 aliphatic rings. The first-order valence-corrected chi connectivity index (χ1v) is 7.36. The SMILES string of the molecule is CC(C)(C)c1cccc(Nc2ccc(C(N)CNO)cn2)c1. The number of pyridine rings is 1. The molecule has 0 aliphatic carbocycles. The maximum absolute atomic E-state index is 8.68. The Morgan fingerprint density at radius 1 is 1.23 bits per heavy atom. The van der Waals surface area contributed by atoms with Crippen molar-refractivity contribution in [1.82, 2.24) is 10.5 Å². The third kappa shape index (κ3) is 4.27. The molecule has 0 saturated heterocycles. The molecule has 5 nitrogen and oxygen atoms in total. The second kappa shape index (κ2) is 6.87. The molecule has 0 bridgehead atoms. The molecule has 0 fully saturated rings. The fourth-order valence-electron chi connectivity index (χ4n) is 2.13. The number of nitrogens with two attached hydrogens (primary N) is 1. The fraction of sp³-hybridized carbons (Fsp3) is 0.353. The van der Waals surface area contributed by atoms with Gasteiger partial charge < -0.3 is 16.3 Å². The summed E-state index contributed by atoms with van der Waals surface area (Å²) in [5, 5.41) is 12.0. The molecular formula is C17H24N4O. The highest BCUT2D eigenvalue weighted by molar-refractivity contribution is 5.57. The van der Waals surface area contributed by atoms with E-state index in [1.807, 2.05) is 24.3 Å². The van der Waals surface area contributed by atoms with Gasteiger partial charge in [-0.3, -0.25) is 0 Å². The van der Waals surface area contributed by atoms with Crippen LogP contribution in [0, 0.1) is 0 Å². The van der Waals surface area contributed by atoms with E-state index in [-0.39, 0.29) is 11.5 Å². The van der Waals surface area contributed by atoms with Gasteiger partial charge in [0.2, 0.25) is 0 Å². The molecule has 22 heavy (non-hydrogen) atoms. The third-order valence-electron chi connectivity index (χ3n) is 3.53. The Bertz CT molecular complexity index is 605. The Morgan fingerprint density at radius 2 is 2.00 bits per heavy atom. The Kier molecular flexibility index (Phi) is 5.13. The first-order valence-electron chi connectivity index (χ1n) is 7.36. The zero-order valence-corrected chi connectivity index (χ0v) is 13.3. The highest BCUT2D eigenvalue weighted by atomic mass is 16.5. The Labute approximate surface area is 131 Å². The molecule has 5 heteroatoms. The standard InChI is InChI=1S/C17H24N4O/c1-17(2,3)13-5-4-6-14(9-13)21-16-8-7-12(10-19-16)15(18)11-20-22/h4-10,15,20,22H,11,18H2,1-3H3,(H,19,21). The summed E-state index contributed by atoms with van der Waals surface area (Å²) < 4.78 is 0. The van der Waals surface area contributed by atoms with Crippen molar-refractivity contribution in [1.29, 1.82) is 0 Å². The van der Waals surface area contributed by atoms with Gasteiger partial charge in [0, 0.05) is 24.5 Å². The lowest BCUT2D eigenvalue weighted by Gasteiger charge is -2.20. The van der Waals surface area contributed by atoms with Crippen molar-refractivity contribution >= 4 is 11.5 Å². The molecule has 1 atom stereocenters. The van der Waals surface area contributed by atoms with E-state index in [0.717, 1.165) is 17.1 Å². The van der Waals surface area contributed by atoms with Crippen LogP contribution in [-0.2, 0) is 5.41 Å². The van der Waals surface area contributed by atoms with Gasteiger partial charge in [0.15, 0.2) is 0 Å². The maximum atomic E-state index is 8.68. The number of hydrogen-bond donors (Lipinski definition) is 4. The van der Waals surface area contributed by atoms with Crippen LogP contribution in [0.25, 0.3) is 0 Å². The molecule has 0 saturated carbocycles. The van der Waals surface area contributed by atoms with Crippen LogP contribution in [0.3, 0.4) is 0 Å². The summed E-state index contributed by atoms with van der Waals surface area (Å²) in [5.74, 6) is 0.763. The number of rotatable bonds is 5. The second-order valence-corrected chi connectivity index (χ2v) is 6.40. The van der Waals surface area contributed by atoms with E-state index in [9.17, 15) is 0 Å². The molecule has 0 amide bonds. The largest absolute Gasteiger partial charge is 0.340 e. The monoisotopic (exact) mass is 300 g/mol. The summed E-state index contributed by atoms with van der Waals surface area (Å²) in [7, 11) is 0. The van der Waals surface area contributed by atoms with E-state index in [4.69, 9.17) is 10.9 Å². The lowest BCUT2D eigenvalue weighted by Crippen LogP contribution is -2.24. The van der Waals surface area contributed by atoms with Crippen molar-refractivity contribution < 1.29 is 5.21 Å². The Balaban J connectivity index is 2.11. The van der Waals surface area contributed by atoms with Gasteiger partial charge in [-0.25, -0.2) is 10.5 Å². The number of anilines is 2. The van der Waals surface area contributed by atoms with E-state index in [2.05, 4.69) is 48.7 Å². The molecule has 1 heterocycles. The number of aromatic nitrogens is 1. The van der Waals surface area contributed by atoms with Crippen LogP contribution in [0.4, 0.5) is 11.5 Å². The lowest BCUT2D eigenvalue weighted by molar-refractivity contribution is 0.160. The van der Waals surface area contributed by atoms with Gasteiger partial charge in [0.1, 0.15) is 5.82 Å². The molecule has 0 aliphatic heterocycles. The summed E-state index contributed by atoms with van der Waals surface area (Å²) in [5.41, 5.74) is 11.2. The van der Waals surface area contributed by atoms with E-state index >= 15 is 0 Å². The number of hydroxylamine groups is 1. The molecule has 5 N–H and O–H groups in total. The number of hydrogen-bond acceptors (Lipinski definition) is 5. The van der Waals surface area contributed by atoms with Crippen LogP contribution in [0.15, 0.2) is 42.6 Å². The van der Waals surface area contributed by atoms with Crippen LogP contribution in [0.2, 0.25) is 0 Å². The summed E-state index contributed by atoms with van der Waals surface area (Å²) in [6.45, 7) is 6.86. The predicted octanol–water partition coefficient (Wildman–Crippen LogP) is 3.10. The smallest absolute Gasteiger partial charge is 0.130 e. The molecule has 2 aromatic rings. The normalized spacial score (nSPS) is 13.0. The molecular weight excluding hydrogens is 276 g/mol. The van der Waals surface area contributed by atoms with Gasteiger partial charge in [-0.2, -0.15) is 0 Å². The zero-order chi connectivity index (χ0) is 16.2. The number of nitrogens with one attached hydrogen (secondary N) is 2. The van der Waals surface area contributed by atoms with Crippen molar-refractivity contribution in [2.75, 3.05) is 11.9 Å². The van der Waals surface area contributed by atoms with Gasteiger partial charge >= 0.3 is 0 Å². The summed E-state index contributed by atoms with van der Waals surface area (Å²) in [6.07, 6.45) is 1.72. The first kappa shape index (κ1) is 16.4. The van der Waals surface area contributed by atoms with Crippen molar-refractivity contribution in [3.05, 3.63) is 53.7 Å². The highest BCUT2D eigenvalue weighted by Gasteiger charge is 2.13. The number of nitrogens with zero attached hydrogens (tertiary/aromatic N) is 1. The Hall–Kier alpha value is -1.95. The average Bonchev–Trinajstić information content (AvgIpc) is 2.48. The second-order valence-electron chi connectivity index (χ2n) is 6.40. The summed E-state index contributed by atoms with van der Waals surface area (Å²) in [6, 6.07) is 11.8. The van der Waals surface area contributed by atoms with E-state index in [1.54, 1.807) is 6.20 Å². The molecule has 1 aromatic carbocycles. The predicted molar refractivity (Wildman–Crippen MR) is 89.4 cm³/mol. The van der Waals surface area contributed by atoms with Crippen LogP contribution in [-0.4, -0.2) is 16.7 Å². The lowest BCUT2D eigenvalue weighted by atomic mass is 9.87. The van der Waals surface area contributed by atoms with Gasteiger partial charge in [0.25, 0.3) is 0 Å². The summed E-state index contributed by atoms with van der Waals surface area (Å²) >= 11 is 0. The Morgan fingerprint density at radius 3 is 2.59 bits per heavy atom. The van der Waals surface area contributed by atoms with Crippen molar-refractivity contribution in [2.24, 2.45) is 5.73 Å². The number of benzene rings is 1. The van der Waals surface area contributed by atoms with Crippen LogP contribution in [0.5, 0.6) is 0 Å². The van der Waals surface area contributed by atoms with Gasteiger partial charge in [-0.1, -0.05) is 39.0 Å². The average molecular weight is 300 g/mol. The maximum Gasteiger partial charge on any atom is 0.130 e. The topological polar surface area (TPSA) is 83.2 Å². The van der Waals surface area contributed by atoms with E-state index in [1.165, 1.54) is 5.56 Å². The van der Waals surface area contributed by atoms with Crippen LogP contribution >= 0.6 is 0 Å². The zero-order valence-electron chi connectivity index (χ0n) is 13.3. The minimum Gasteiger partial charge on any atom is -0.340 e. The highest BCUT2D eigenvalue weighted by Crippen LogP contribution is 2.26.